The van der Waals surface area contributed by atoms with Crippen LogP contribution >= 0.6 is 24.2 Å². The van der Waals surface area contributed by atoms with Gasteiger partial charge in [-0.15, -0.1) is 11.3 Å². The highest BCUT2D eigenvalue weighted by Gasteiger charge is 2.28. The average molecular weight is 448 g/mol. The summed E-state index contributed by atoms with van der Waals surface area (Å²) in [5, 5.41) is 10.5. The van der Waals surface area contributed by atoms with E-state index in [0.29, 0.717) is 0 Å². The van der Waals surface area contributed by atoms with Crippen molar-refractivity contribution in [3.8, 4) is 5.75 Å². The van der Waals surface area contributed by atoms with E-state index in [-0.39, 0.29) is 46.0 Å². The zero-order valence-electron chi connectivity index (χ0n) is 18.1. The number of nitrogens with zero attached hydrogens (tertiary/aromatic N) is 3. The third-order valence-electron chi connectivity index (χ3n) is 4.35. The van der Waals surface area contributed by atoms with Crippen molar-refractivity contribution in [1.29, 1.82) is 0 Å². The molecule has 0 radical (unpaired) electrons. The molecule has 1 aromatic heterocycles. The average Bonchev–Trinajstić information content (AvgIpc) is 3.09. The first-order valence-corrected chi connectivity index (χ1v) is 10.6. The molecule has 0 bridgehead atoms. The number of thiol groups is 1. The fourth-order valence-corrected chi connectivity index (χ4v) is 4.11. The van der Waals surface area contributed by atoms with Crippen LogP contribution in [0.4, 0.5) is 5.69 Å². The first-order valence-electron chi connectivity index (χ1n) is 9.38. The van der Waals surface area contributed by atoms with Gasteiger partial charge in [0, 0.05) is 23.8 Å². The van der Waals surface area contributed by atoms with Crippen LogP contribution < -0.4 is 10.5 Å². The molecular weight excluding hydrogens is 418 g/mol. The number of rotatable bonds is 4. The monoisotopic (exact) mass is 447 g/mol. The minimum Gasteiger partial charge on any atom is -0.505 e. The van der Waals surface area contributed by atoms with Gasteiger partial charge in [-0.1, -0.05) is 39.7 Å². The van der Waals surface area contributed by atoms with Gasteiger partial charge in [-0.05, 0) is 36.6 Å². The summed E-state index contributed by atoms with van der Waals surface area (Å²) in [5.74, 6) is -0.218. The molecule has 0 spiro atoms. The van der Waals surface area contributed by atoms with Crippen molar-refractivity contribution in [1.82, 2.24) is 9.62 Å². The highest BCUT2D eigenvalue weighted by Crippen LogP contribution is 2.39. The van der Waals surface area contributed by atoms with Crippen LogP contribution in [0.1, 0.15) is 46.9 Å². The fourth-order valence-electron chi connectivity index (χ4n) is 2.78. The molecule has 0 aliphatic heterocycles. The van der Waals surface area contributed by atoms with Crippen molar-refractivity contribution in [3.05, 3.63) is 45.6 Å². The number of phenolic OH excluding ortho intramolecular Hbond substituents is 1. The molecule has 162 valence electrons. The Labute approximate surface area is 187 Å². The Bertz CT molecular complexity index is 974. The van der Waals surface area contributed by atoms with Crippen LogP contribution in [-0.4, -0.2) is 41.7 Å². The molecule has 7 nitrogen and oxygen atoms in total. The highest BCUT2D eigenvalue weighted by atomic mass is 32.1. The highest BCUT2D eigenvalue weighted by molar-refractivity contribution is 7.78. The van der Waals surface area contributed by atoms with E-state index in [1.807, 2.05) is 6.92 Å². The maximum atomic E-state index is 12.3. The lowest BCUT2D eigenvalue weighted by Crippen LogP contribution is -2.33. The first kappa shape index (κ1) is 23.8. The van der Waals surface area contributed by atoms with Gasteiger partial charge in [-0.2, -0.15) is 0 Å². The molecule has 0 aliphatic rings. The van der Waals surface area contributed by atoms with Crippen LogP contribution in [0.3, 0.4) is 0 Å². The number of carbonyl (C=O) groups is 1. The number of para-hydroxylation sites is 1. The summed E-state index contributed by atoms with van der Waals surface area (Å²) in [6.45, 7) is 8.33. The van der Waals surface area contributed by atoms with Crippen molar-refractivity contribution in [3.63, 3.8) is 0 Å². The summed E-state index contributed by atoms with van der Waals surface area (Å²) in [4.78, 5) is 25.0. The predicted octanol–water partition coefficient (Wildman–Crippen LogP) is 4.07. The van der Waals surface area contributed by atoms with Gasteiger partial charge >= 0.3 is 0 Å². The largest absolute Gasteiger partial charge is 0.505 e. The second-order valence-electron chi connectivity index (χ2n) is 8.18. The van der Waals surface area contributed by atoms with Crippen LogP contribution in [0.15, 0.2) is 40.3 Å². The maximum absolute atomic E-state index is 12.3. The zero-order valence-corrected chi connectivity index (χ0v) is 19.8. The number of nitrogens with two attached hydrogens (primary N) is 1. The molecule has 9 heteroatoms. The minimum atomic E-state index is -0.326. The summed E-state index contributed by atoms with van der Waals surface area (Å²) in [6, 6.07) is 8.70. The molecule has 0 saturated carbocycles. The van der Waals surface area contributed by atoms with E-state index < -0.39 is 0 Å². The molecule has 1 aromatic carbocycles. The van der Waals surface area contributed by atoms with E-state index >= 15 is 0 Å². The van der Waals surface area contributed by atoms with E-state index in [0.717, 1.165) is 4.88 Å². The number of nitrogens with one attached hydrogen (secondary N) is 1. The lowest BCUT2D eigenvalue weighted by atomic mass is 9.86. The molecule has 4 N–H and O–H groups in total. The fraction of sp³-hybridized carbons (Fsp3) is 0.381. The number of aliphatic imine (C=N–C) groups is 2. The molecule has 0 unspecified atom stereocenters. The number of aromatic hydroxyl groups is 1. The Morgan fingerprint density at radius 1 is 1.27 bits per heavy atom. The van der Waals surface area contributed by atoms with Crippen molar-refractivity contribution >= 4 is 47.4 Å². The summed E-state index contributed by atoms with van der Waals surface area (Å²) in [6.07, 6.45) is 0. The Morgan fingerprint density at radius 2 is 1.93 bits per heavy atom. The number of amides is 1. The Morgan fingerprint density at radius 3 is 2.43 bits per heavy atom. The van der Waals surface area contributed by atoms with Crippen LogP contribution in [0.5, 0.6) is 5.75 Å². The minimum absolute atomic E-state index is 0.150. The predicted molar refractivity (Wildman–Crippen MR) is 128 cm³/mol. The molecule has 30 heavy (non-hydrogen) atoms. The van der Waals surface area contributed by atoms with Gasteiger partial charge in [-0.3, -0.25) is 9.79 Å². The van der Waals surface area contributed by atoms with Crippen LogP contribution in [-0.2, 0) is 0 Å². The number of carbonyl (C=O) groups excluding carboxylic acids is 1. The number of hydrogen-bond acceptors (Lipinski definition) is 6. The Balaban J connectivity index is 2.49. The van der Waals surface area contributed by atoms with E-state index in [9.17, 15) is 9.90 Å². The third kappa shape index (κ3) is 5.54. The second-order valence-corrected chi connectivity index (χ2v) is 9.72. The van der Waals surface area contributed by atoms with E-state index in [1.165, 1.54) is 15.8 Å². The van der Waals surface area contributed by atoms with Crippen LogP contribution in [0.2, 0.25) is 0 Å². The molecule has 1 heterocycles. The molecule has 0 fully saturated rings. The number of hydrogen-bond donors (Lipinski definition) is 4. The molecule has 0 saturated heterocycles. The number of benzene rings is 1. The molecular formula is C21H29N5O2S2. The summed E-state index contributed by atoms with van der Waals surface area (Å²) in [5.41, 5.74) is 6.43. The van der Waals surface area contributed by atoms with Crippen molar-refractivity contribution in [2.24, 2.45) is 21.1 Å². The number of phenols is 1. The summed E-state index contributed by atoms with van der Waals surface area (Å²) < 4.78 is 2.65. The van der Waals surface area contributed by atoms with Gasteiger partial charge in [0.25, 0.3) is 5.91 Å². The molecule has 2 aromatic rings. The van der Waals surface area contributed by atoms with Gasteiger partial charge in [0.1, 0.15) is 5.69 Å². The van der Waals surface area contributed by atoms with E-state index in [2.05, 4.69) is 55.4 Å². The molecule has 0 aliphatic carbocycles. The quantitative estimate of drug-likeness (QED) is 0.322. The van der Waals surface area contributed by atoms with Gasteiger partial charge in [0.15, 0.2) is 17.4 Å². The Kier molecular flexibility index (Phi) is 7.54. The van der Waals surface area contributed by atoms with Gasteiger partial charge in [0.05, 0.1) is 11.6 Å². The summed E-state index contributed by atoms with van der Waals surface area (Å²) in [7, 11) is 3.23. The Hall–Kier alpha value is -2.52. The van der Waals surface area contributed by atoms with Crippen LogP contribution in [0, 0.1) is 12.3 Å². The van der Waals surface area contributed by atoms with Crippen molar-refractivity contribution in [2.75, 3.05) is 14.1 Å². The SMILES string of the molecule is Cc1ccc([C@H](N=C(N)C(=Nc2cccc(C(=O)N(C)C)c2O)NS)C(C)(C)C)s1. The number of amidine groups is 2. The summed E-state index contributed by atoms with van der Waals surface area (Å²) >= 11 is 5.78. The molecule has 1 amide bonds. The lowest BCUT2D eigenvalue weighted by Gasteiger charge is -2.27. The number of thiophene rings is 1. The normalized spacial score (nSPS) is 13.8. The van der Waals surface area contributed by atoms with E-state index in [4.69, 9.17) is 10.7 Å². The van der Waals surface area contributed by atoms with E-state index in [1.54, 1.807) is 37.6 Å². The number of aryl methyl sites for hydroxylation is 1. The third-order valence-corrected chi connectivity index (χ3v) is 5.62. The topological polar surface area (TPSA) is 103 Å². The lowest BCUT2D eigenvalue weighted by molar-refractivity contribution is 0.0824. The van der Waals surface area contributed by atoms with Gasteiger partial charge in [0.2, 0.25) is 0 Å². The standard InChI is InChI=1S/C21H29N5O2S2/c1-12-10-11-15(30-12)17(21(2,3)4)24-18(22)19(25-29)23-14-9-7-8-13(16(14)27)20(28)26(5)6/h7-11,17,27,29H,1-6H3,(H2,22,24)(H,23,25)/t17-/m0/s1. The van der Waals surface area contributed by atoms with Crippen molar-refractivity contribution < 1.29 is 9.90 Å². The smallest absolute Gasteiger partial charge is 0.257 e. The van der Waals surface area contributed by atoms with Gasteiger partial charge in [-0.25, -0.2) is 4.99 Å². The second kappa shape index (κ2) is 9.53. The molecule has 1 atom stereocenters. The molecule has 2 rings (SSSR count). The van der Waals surface area contributed by atoms with Crippen molar-refractivity contribution in [2.45, 2.75) is 33.7 Å². The first-order chi connectivity index (χ1) is 14.0. The zero-order chi connectivity index (χ0) is 22.6. The van der Waals surface area contributed by atoms with Gasteiger partial charge < -0.3 is 20.5 Å². The maximum Gasteiger partial charge on any atom is 0.257 e. The van der Waals surface area contributed by atoms with Crippen LogP contribution in [0.25, 0.3) is 0 Å².